The third kappa shape index (κ3) is 3.74. The molecule has 1 aromatic carbocycles. The minimum Gasteiger partial charge on any atom is -0.322 e. The van der Waals surface area contributed by atoms with E-state index in [4.69, 9.17) is 0 Å². The summed E-state index contributed by atoms with van der Waals surface area (Å²) in [7, 11) is 1.73. The SMILES string of the molecule is CSc1ccc(NC(=O)c2cccnc2Sc2nnnn2C)cc1. The number of nitrogens with zero attached hydrogens (tertiary/aromatic N) is 5. The number of thioether (sulfide) groups is 1. The number of benzene rings is 1. The first-order valence-corrected chi connectivity index (χ1v) is 9.02. The van der Waals surface area contributed by atoms with Gasteiger partial charge in [-0.05, 0) is 64.8 Å². The van der Waals surface area contributed by atoms with Crippen molar-refractivity contribution in [1.29, 1.82) is 0 Å². The van der Waals surface area contributed by atoms with E-state index in [0.717, 1.165) is 10.6 Å². The van der Waals surface area contributed by atoms with Crippen molar-refractivity contribution < 1.29 is 4.79 Å². The first-order valence-electron chi connectivity index (χ1n) is 6.98. The van der Waals surface area contributed by atoms with E-state index in [1.54, 1.807) is 37.1 Å². The van der Waals surface area contributed by atoms with Crippen LogP contribution in [0.25, 0.3) is 0 Å². The smallest absolute Gasteiger partial charge is 0.258 e. The largest absolute Gasteiger partial charge is 0.322 e. The van der Waals surface area contributed by atoms with Crippen molar-refractivity contribution in [2.75, 3.05) is 11.6 Å². The van der Waals surface area contributed by atoms with Crippen LogP contribution in [0.1, 0.15) is 10.4 Å². The number of carbonyl (C=O) groups is 1. The Morgan fingerprint density at radius 3 is 2.67 bits per heavy atom. The molecule has 2 aromatic heterocycles. The molecule has 0 saturated heterocycles. The third-order valence-electron chi connectivity index (χ3n) is 3.13. The van der Waals surface area contributed by atoms with Gasteiger partial charge in [0.2, 0.25) is 5.16 Å². The molecule has 7 nitrogen and oxygen atoms in total. The second-order valence-corrected chi connectivity index (χ2v) is 6.56. The Morgan fingerprint density at radius 1 is 1.21 bits per heavy atom. The third-order valence-corrected chi connectivity index (χ3v) is 4.92. The second kappa shape index (κ2) is 7.45. The number of aryl methyl sites for hydroxylation is 1. The van der Waals surface area contributed by atoms with Crippen molar-refractivity contribution in [3.8, 4) is 0 Å². The van der Waals surface area contributed by atoms with Gasteiger partial charge in [-0.2, -0.15) is 0 Å². The molecule has 3 rings (SSSR count). The fourth-order valence-electron chi connectivity index (χ4n) is 1.91. The maximum atomic E-state index is 12.6. The molecule has 0 aliphatic carbocycles. The van der Waals surface area contributed by atoms with E-state index < -0.39 is 0 Å². The Hall–Kier alpha value is -2.39. The zero-order chi connectivity index (χ0) is 16.9. The second-order valence-electron chi connectivity index (χ2n) is 4.73. The zero-order valence-corrected chi connectivity index (χ0v) is 14.6. The molecule has 3 aromatic rings. The van der Waals surface area contributed by atoms with Gasteiger partial charge in [-0.1, -0.05) is 0 Å². The number of pyridine rings is 1. The highest BCUT2D eigenvalue weighted by molar-refractivity contribution is 7.99. The van der Waals surface area contributed by atoms with Crippen LogP contribution in [0.15, 0.2) is 57.7 Å². The molecule has 2 heterocycles. The summed E-state index contributed by atoms with van der Waals surface area (Å²) >= 11 is 2.90. The summed E-state index contributed by atoms with van der Waals surface area (Å²) in [5.74, 6) is -0.224. The summed E-state index contributed by atoms with van der Waals surface area (Å²) in [5.41, 5.74) is 1.21. The van der Waals surface area contributed by atoms with Crippen molar-refractivity contribution in [2.45, 2.75) is 15.1 Å². The molecule has 9 heteroatoms. The predicted molar refractivity (Wildman–Crippen MR) is 93.3 cm³/mol. The van der Waals surface area contributed by atoms with E-state index >= 15 is 0 Å². The van der Waals surface area contributed by atoms with Crippen LogP contribution in [0, 0.1) is 0 Å². The predicted octanol–water partition coefficient (Wildman–Crippen LogP) is 2.73. The van der Waals surface area contributed by atoms with Crippen LogP contribution < -0.4 is 5.32 Å². The van der Waals surface area contributed by atoms with Gasteiger partial charge in [0, 0.05) is 23.8 Å². The number of rotatable bonds is 5. The van der Waals surface area contributed by atoms with Gasteiger partial charge in [0.05, 0.1) is 5.56 Å². The molecule has 1 amide bonds. The van der Waals surface area contributed by atoms with Gasteiger partial charge in [0.1, 0.15) is 5.03 Å². The maximum absolute atomic E-state index is 12.6. The summed E-state index contributed by atoms with van der Waals surface area (Å²) in [6.07, 6.45) is 3.64. The quantitative estimate of drug-likeness (QED) is 0.702. The molecule has 0 bridgehead atoms. The molecule has 0 unspecified atom stereocenters. The van der Waals surface area contributed by atoms with Gasteiger partial charge in [-0.3, -0.25) is 4.79 Å². The van der Waals surface area contributed by atoms with Crippen LogP contribution >= 0.6 is 23.5 Å². The summed E-state index contributed by atoms with van der Waals surface area (Å²) in [5, 5.41) is 15.3. The minimum atomic E-state index is -0.224. The number of anilines is 1. The van der Waals surface area contributed by atoms with Crippen molar-refractivity contribution in [1.82, 2.24) is 25.2 Å². The van der Waals surface area contributed by atoms with Gasteiger partial charge in [0.25, 0.3) is 5.91 Å². The van der Waals surface area contributed by atoms with E-state index in [2.05, 4.69) is 25.8 Å². The lowest BCUT2D eigenvalue weighted by molar-refractivity contribution is 0.102. The van der Waals surface area contributed by atoms with Crippen LogP contribution in [-0.2, 0) is 7.05 Å². The molecule has 0 fully saturated rings. The first kappa shape index (κ1) is 16.5. The highest BCUT2D eigenvalue weighted by Crippen LogP contribution is 2.26. The number of hydrogen-bond donors (Lipinski definition) is 1. The van der Waals surface area contributed by atoms with Gasteiger partial charge in [0.15, 0.2) is 0 Å². The number of tetrazole rings is 1. The molecule has 0 spiro atoms. The normalized spacial score (nSPS) is 10.6. The Kier molecular flexibility index (Phi) is 5.11. The van der Waals surface area contributed by atoms with Gasteiger partial charge >= 0.3 is 0 Å². The standard InChI is InChI=1S/C15H14N6OS2/c1-21-15(18-19-20-21)24-14-12(4-3-9-16-14)13(22)17-10-5-7-11(23-2)8-6-10/h3-9H,1-2H3,(H,17,22). The number of amides is 1. The number of hydrogen-bond acceptors (Lipinski definition) is 7. The van der Waals surface area contributed by atoms with E-state index in [1.807, 2.05) is 30.5 Å². The average molecular weight is 358 g/mol. The Bertz CT molecular complexity index is 849. The molecular formula is C15H14N6OS2. The van der Waals surface area contributed by atoms with Crippen LogP contribution in [0.5, 0.6) is 0 Å². The molecule has 0 saturated carbocycles. The lowest BCUT2D eigenvalue weighted by Gasteiger charge is -2.09. The minimum absolute atomic E-state index is 0.224. The number of carbonyl (C=O) groups excluding carboxylic acids is 1. The molecule has 0 radical (unpaired) electrons. The highest BCUT2D eigenvalue weighted by atomic mass is 32.2. The summed E-state index contributed by atoms with van der Waals surface area (Å²) in [6, 6.07) is 11.1. The van der Waals surface area contributed by atoms with Gasteiger partial charge < -0.3 is 5.32 Å². The van der Waals surface area contributed by atoms with Crippen molar-refractivity contribution >= 4 is 35.1 Å². The first-order chi connectivity index (χ1) is 11.7. The van der Waals surface area contributed by atoms with Crippen molar-refractivity contribution in [2.24, 2.45) is 7.05 Å². The van der Waals surface area contributed by atoms with Gasteiger partial charge in [-0.15, -0.1) is 16.9 Å². The molecule has 122 valence electrons. The fourth-order valence-corrected chi connectivity index (χ4v) is 3.12. The van der Waals surface area contributed by atoms with Gasteiger partial charge in [-0.25, -0.2) is 9.67 Å². The van der Waals surface area contributed by atoms with Crippen LogP contribution in [0.4, 0.5) is 5.69 Å². The summed E-state index contributed by atoms with van der Waals surface area (Å²) in [4.78, 5) is 18.0. The topological polar surface area (TPSA) is 85.6 Å². The fraction of sp³-hybridized carbons (Fsp3) is 0.133. The van der Waals surface area contributed by atoms with Crippen LogP contribution in [0.2, 0.25) is 0 Å². The Morgan fingerprint density at radius 2 is 2.00 bits per heavy atom. The van der Waals surface area contributed by atoms with Crippen LogP contribution in [0.3, 0.4) is 0 Å². The summed E-state index contributed by atoms with van der Waals surface area (Å²) in [6.45, 7) is 0. The zero-order valence-electron chi connectivity index (χ0n) is 13.0. The molecule has 0 aliphatic heterocycles. The average Bonchev–Trinajstić information content (AvgIpc) is 3.01. The summed E-state index contributed by atoms with van der Waals surface area (Å²) < 4.78 is 1.53. The highest BCUT2D eigenvalue weighted by Gasteiger charge is 2.16. The van der Waals surface area contributed by atoms with Crippen molar-refractivity contribution in [3.05, 3.63) is 48.2 Å². The molecule has 1 N–H and O–H groups in total. The van der Waals surface area contributed by atoms with Crippen molar-refractivity contribution in [3.63, 3.8) is 0 Å². The lowest BCUT2D eigenvalue weighted by Crippen LogP contribution is -2.13. The van der Waals surface area contributed by atoms with E-state index in [9.17, 15) is 4.79 Å². The lowest BCUT2D eigenvalue weighted by atomic mass is 10.2. The Balaban J connectivity index is 1.80. The number of aromatic nitrogens is 5. The molecule has 0 atom stereocenters. The molecule has 24 heavy (non-hydrogen) atoms. The monoisotopic (exact) mass is 358 g/mol. The van der Waals surface area contributed by atoms with E-state index in [0.29, 0.717) is 15.7 Å². The van der Waals surface area contributed by atoms with E-state index in [1.165, 1.54) is 16.4 Å². The molecular weight excluding hydrogens is 344 g/mol. The molecule has 0 aliphatic rings. The Labute approximate surface area is 147 Å². The van der Waals surface area contributed by atoms with E-state index in [-0.39, 0.29) is 5.91 Å². The maximum Gasteiger partial charge on any atom is 0.258 e. The van der Waals surface area contributed by atoms with Crippen LogP contribution in [-0.4, -0.2) is 37.4 Å². The number of nitrogens with one attached hydrogen (secondary N) is 1.